The van der Waals surface area contributed by atoms with E-state index < -0.39 is 12.0 Å². The molecule has 2 aromatic carbocycles. The highest BCUT2D eigenvalue weighted by Crippen LogP contribution is 2.16. The third kappa shape index (κ3) is 4.72. The molecule has 0 saturated carbocycles. The molecule has 1 atom stereocenters. The first-order valence-corrected chi connectivity index (χ1v) is 7.27. The minimum absolute atomic E-state index is 0.572. The molecular formula is C18H21NO2. The summed E-state index contributed by atoms with van der Waals surface area (Å²) >= 11 is 0. The molecule has 0 fully saturated rings. The monoisotopic (exact) mass is 283 g/mol. The molecule has 3 N–H and O–H groups in total. The van der Waals surface area contributed by atoms with E-state index in [-0.39, 0.29) is 0 Å². The predicted molar refractivity (Wildman–Crippen MR) is 83.7 cm³/mol. The van der Waals surface area contributed by atoms with Gasteiger partial charge in [0.1, 0.15) is 0 Å². The number of aliphatic hydroxyl groups excluding tert-OH is 1. The van der Waals surface area contributed by atoms with Crippen molar-refractivity contribution >= 4 is 5.91 Å². The Hall–Kier alpha value is -2.13. The average molecular weight is 283 g/mol. The molecule has 0 spiro atoms. The normalized spacial score (nSPS) is 12.0. The topological polar surface area (TPSA) is 63.3 Å². The third-order valence-corrected chi connectivity index (χ3v) is 3.56. The van der Waals surface area contributed by atoms with Crippen molar-refractivity contribution in [3.63, 3.8) is 0 Å². The number of carbonyl (C=O) groups is 1. The van der Waals surface area contributed by atoms with Gasteiger partial charge in [-0.15, -0.1) is 0 Å². The number of primary amides is 1. The summed E-state index contributed by atoms with van der Waals surface area (Å²) < 4.78 is 0. The largest absolute Gasteiger partial charge is 0.378 e. The first kappa shape index (κ1) is 15.3. The molecule has 0 saturated heterocycles. The second-order valence-corrected chi connectivity index (χ2v) is 5.24. The van der Waals surface area contributed by atoms with Crippen molar-refractivity contribution < 1.29 is 9.90 Å². The van der Waals surface area contributed by atoms with Crippen LogP contribution in [-0.4, -0.2) is 11.0 Å². The van der Waals surface area contributed by atoms with Gasteiger partial charge in [-0.05, 0) is 42.4 Å². The number of amides is 1. The van der Waals surface area contributed by atoms with Gasteiger partial charge in [-0.25, -0.2) is 0 Å². The van der Waals surface area contributed by atoms with Crippen LogP contribution in [0.4, 0.5) is 0 Å². The Labute approximate surface area is 125 Å². The molecule has 0 heterocycles. The van der Waals surface area contributed by atoms with Crippen molar-refractivity contribution in [3.05, 3.63) is 71.3 Å². The second kappa shape index (κ2) is 7.60. The fourth-order valence-electron chi connectivity index (χ4n) is 2.39. The molecule has 0 aromatic heterocycles. The molecule has 3 nitrogen and oxygen atoms in total. The van der Waals surface area contributed by atoms with Gasteiger partial charge in [-0.1, -0.05) is 54.6 Å². The lowest BCUT2D eigenvalue weighted by Gasteiger charge is -2.09. The van der Waals surface area contributed by atoms with Gasteiger partial charge in [0.05, 0.1) is 0 Å². The number of hydrogen-bond donors (Lipinski definition) is 2. The van der Waals surface area contributed by atoms with Crippen LogP contribution in [0.1, 0.15) is 35.6 Å². The van der Waals surface area contributed by atoms with Crippen LogP contribution in [0.2, 0.25) is 0 Å². The highest BCUT2D eigenvalue weighted by atomic mass is 16.3. The number of aliphatic hydroxyl groups is 1. The van der Waals surface area contributed by atoms with Gasteiger partial charge in [0.25, 0.3) is 5.91 Å². The van der Waals surface area contributed by atoms with Crippen LogP contribution >= 0.6 is 0 Å². The highest BCUT2D eigenvalue weighted by Gasteiger charge is 2.13. The Morgan fingerprint density at radius 1 is 0.952 bits per heavy atom. The summed E-state index contributed by atoms with van der Waals surface area (Å²) in [7, 11) is 0. The number of aryl methyl sites for hydroxylation is 2. The van der Waals surface area contributed by atoms with E-state index >= 15 is 0 Å². The van der Waals surface area contributed by atoms with Gasteiger partial charge in [0.2, 0.25) is 0 Å². The van der Waals surface area contributed by atoms with Crippen molar-refractivity contribution in [2.24, 2.45) is 5.73 Å². The minimum Gasteiger partial charge on any atom is -0.378 e. The van der Waals surface area contributed by atoms with E-state index in [1.807, 2.05) is 24.3 Å². The lowest BCUT2D eigenvalue weighted by molar-refractivity contribution is -0.126. The van der Waals surface area contributed by atoms with E-state index in [1.54, 1.807) is 6.07 Å². The van der Waals surface area contributed by atoms with Crippen molar-refractivity contribution in [2.45, 2.75) is 31.8 Å². The van der Waals surface area contributed by atoms with E-state index in [9.17, 15) is 9.90 Å². The fraction of sp³-hybridized carbons (Fsp3) is 0.278. The number of hydrogen-bond acceptors (Lipinski definition) is 2. The number of nitrogens with two attached hydrogens (primary N) is 1. The second-order valence-electron chi connectivity index (χ2n) is 5.24. The van der Waals surface area contributed by atoms with E-state index in [1.165, 1.54) is 5.56 Å². The van der Waals surface area contributed by atoms with Crippen LogP contribution in [0, 0.1) is 0 Å². The molecule has 2 aromatic rings. The van der Waals surface area contributed by atoms with Crippen LogP contribution < -0.4 is 5.73 Å². The van der Waals surface area contributed by atoms with Crippen molar-refractivity contribution in [2.75, 3.05) is 0 Å². The fourth-order valence-corrected chi connectivity index (χ4v) is 2.39. The average Bonchev–Trinajstić information content (AvgIpc) is 2.52. The Morgan fingerprint density at radius 2 is 1.57 bits per heavy atom. The van der Waals surface area contributed by atoms with Crippen LogP contribution in [0.25, 0.3) is 0 Å². The maximum absolute atomic E-state index is 11.0. The maximum atomic E-state index is 11.0. The molecule has 0 aliphatic carbocycles. The lowest BCUT2D eigenvalue weighted by Crippen LogP contribution is -2.20. The maximum Gasteiger partial charge on any atom is 0.250 e. The number of unbranched alkanes of at least 4 members (excludes halogenated alkanes) is 1. The summed E-state index contributed by atoms with van der Waals surface area (Å²) in [5, 5.41) is 9.67. The SMILES string of the molecule is NC(=O)C(O)c1cccc(CCCCc2ccccc2)c1. The Bertz CT molecular complexity index is 581. The van der Waals surface area contributed by atoms with Gasteiger partial charge in [0, 0.05) is 0 Å². The third-order valence-electron chi connectivity index (χ3n) is 3.56. The zero-order valence-electron chi connectivity index (χ0n) is 12.0. The van der Waals surface area contributed by atoms with Gasteiger partial charge in [0.15, 0.2) is 6.10 Å². The van der Waals surface area contributed by atoms with Crippen molar-refractivity contribution in [1.82, 2.24) is 0 Å². The highest BCUT2D eigenvalue weighted by molar-refractivity contribution is 5.80. The molecule has 0 aliphatic rings. The van der Waals surface area contributed by atoms with Gasteiger partial charge in [-0.2, -0.15) is 0 Å². The Balaban J connectivity index is 1.83. The molecule has 21 heavy (non-hydrogen) atoms. The smallest absolute Gasteiger partial charge is 0.250 e. The zero-order chi connectivity index (χ0) is 15.1. The summed E-state index contributed by atoms with van der Waals surface area (Å²) in [4.78, 5) is 11.0. The summed E-state index contributed by atoms with van der Waals surface area (Å²) in [5.41, 5.74) is 8.17. The quantitative estimate of drug-likeness (QED) is 0.767. The van der Waals surface area contributed by atoms with E-state index in [4.69, 9.17) is 5.73 Å². The molecule has 0 bridgehead atoms. The summed E-state index contributed by atoms with van der Waals surface area (Å²) in [6.45, 7) is 0. The molecular weight excluding hydrogens is 262 g/mol. The van der Waals surface area contributed by atoms with Crippen LogP contribution in [-0.2, 0) is 17.6 Å². The molecule has 3 heteroatoms. The van der Waals surface area contributed by atoms with Gasteiger partial charge < -0.3 is 10.8 Å². The lowest BCUT2D eigenvalue weighted by atomic mass is 10.0. The van der Waals surface area contributed by atoms with E-state index in [2.05, 4.69) is 24.3 Å². The standard InChI is InChI=1S/C18H21NO2/c19-18(21)17(20)16-12-6-11-15(13-16)10-5-4-9-14-7-2-1-3-8-14/h1-3,6-8,11-13,17,20H,4-5,9-10H2,(H2,19,21). The first-order chi connectivity index (χ1) is 10.2. The number of rotatable bonds is 7. The zero-order valence-corrected chi connectivity index (χ0v) is 12.0. The predicted octanol–water partition coefficient (Wildman–Crippen LogP) is 2.77. The van der Waals surface area contributed by atoms with Crippen molar-refractivity contribution in [3.8, 4) is 0 Å². The van der Waals surface area contributed by atoms with Gasteiger partial charge in [-0.3, -0.25) is 4.79 Å². The van der Waals surface area contributed by atoms with E-state index in [0.29, 0.717) is 5.56 Å². The Morgan fingerprint density at radius 3 is 2.24 bits per heavy atom. The number of benzene rings is 2. The van der Waals surface area contributed by atoms with Crippen molar-refractivity contribution in [1.29, 1.82) is 0 Å². The van der Waals surface area contributed by atoms with Gasteiger partial charge >= 0.3 is 0 Å². The molecule has 110 valence electrons. The molecule has 0 aliphatic heterocycles. The number of carbonyl (C=O) groups excluding carboxylic acids is 1. The first-order valence-electron chi connectivity index (χ1n) is 7.27. The summed E-state index contributed by atoms with van der Waals surface area (Å²) in [6, 6.07) is 17.9. The molecule has 1 unspecified atom stereocenters. The van der Waals surface area contributed by atoms with Crippen LogP contribution in [0.5, 0.6) is 0 Å². The molecule has 1 amide bonds. The molecule has 2 rings (SSSR count). The molecule has 0 radical (unpaired) electrons. The summed E-state index contributed by atoms with van der Waals surface area (Å²) in [5.74, 6) is -0.712. The van der Waals surface area contributed by atoms with Crippen LogP contribution in [0.3, 0.4) is 0 Å². The van der Waals surface area contributed by atoms with Crippen LogP contribution in [0.15, 0.2) is 54.6 Å². The van der Waals surface area contributed by atoms with E-state index in [0.717, 1.165) is 31.2 Å². The summed E-state index contributed by atoms with van der Waals surface area (Å²) in [6.07, 6.45) is 2.99. The Kier molecular flexibility index (Phi) is 5.52. The minimum atomic E-state index is -1.21.